The van der Waals surface area contributed by atoms with Crippen molar-refractivity contribution in [3.05, 3.63) is 58.9 Å². The molecule has 1 aliphatic heterocycles. The number of likely N-dealkylation sites (tertiary alicyclic amines) is 1. The van der Waals surface area contributed by atoms with Crippen molar-refractivity contribution < 1.29 is 13.7 Å². The van der Waals surface area contributed by atoms with E-state index in [4.69, 9.17) is 4.52 Å². The topological polar surface area (TPSA) is 59.2 Å². The molecule has 0 aliphatic carbocycles. The second-order valence-corrected chi connectivity index (χ2v) is 6.85. The van der Waals surface area contributed by atoms with E-state index in [9.17, 15) is 9.18 Å². The number of amides is 1. The number of benzene rings is 1. The van der Waals surface area contributed by atoms with Crippen LogP contribution in [0.25, 0.3) is 10.9 Å². The number of pyridine rings is 1. The van der Waals surface area contributed by atoms with Gasteiger partial charge in [0.1, 0.15) is 17.3 Å². The minimum Gasteiger partial charge on any atom is -0.361 e. The van der Waals surface area contributed by atoms with Crippen LogP contribution in [0, 0.1) is 19.7 Å². The Morgan fingerprint density at radius 2 is 2.08 bits per heavy atom. The number of aromatic nitrogens is 2. The molecule has 6 heteroatoms. The summed E-state index contributed by atoms with van der Waals surface area (Å²) >= 11 is 0. The SMILES string of the molecule is Cc1cc(C(=O)N2CCCCC2c2cc(C)on2)c2ccc(F)cc2n1. The molecular formula is C20H20FN3O2. The number of hydrogen-bond donors (Lipinski definition) is 0. The molecule has 26 heavy (non-hydrogen) atoms. The van der Waals surface area contributed by atoms with E-state index < -0.39 is 0 Å². The molecule has 0 saturated carbocycles. The molecule has 4 rings (SSSR count). The first-order valence-corrected chi connectivity index (χ1v) is 8.84. The van der Waals surface area contributed by atoms with Crippen molar-refractivity contribution in [1.82, 2.24) is 15.0 Å². The van der Waals surface area contributed by atoms with Crippen LogP contribution in [-0.4, -0.2) is 27.5 Å². The quantitative estimate of drug-likeness (QED) is 0.687. The summed E-state index contributed by atoms with van der Waals surface area (Å²) in [6, 6.07) is 7.93. The van der Waals surface area contributed by atoms with Crippen molar-refractivity contribution in [3.63, 3.8) is 0 Å². The standard InChI is InChI=1S/C20H20FN3O2/c1-12-9-16(15-7-6-14(21)11-17(15)22-12)20(25)24-8-4-3-5-19(24)18-10-13(2)26-23-18/h6-7,9-11,19H,3-5,8H2,1-2H3. The van der Waals surface area contributed by atoms with Gasteiger partial charge in [-0.15, -0.1) is 0 Å². The predicted octanol–water partition coefficient (Wildman–Crippen LogP) is 4.35. The zero-order chi connectivity index (χ0) is 18.3. The molecule has 1 saturated heterocycles. The van der Waals surface area contributed by atoms with E-state index >= 15 is 0 Å². The van der Waals surface area contributed by atoms with Crippen molar-refractivity contribution in [2.24, 2.45) is 0 Å². The van der Waals surface area contributed by atoms with E-state index in [0.29, 0.717) is 28.7 Å². The molecule has 1 fully saturated rings. The largest absolute Gasteiger partial charge is 0.361 e. The number of carbonyl (C=O) groups excluding carboxylic acids is 1. The molecule has 3 aromatic rings. The lowest BCUT2D eigenvalue weighted by Crippen LogP contribution is -2.38. The van der Waals surface area contributed by atoms with Gasteiger partial charge < -0.3 is 9.42 Å². The summed E-state index contributed by atoms with van der Waals surface area (Å²) in [4.78, 5) is 19.6. The van der Waals surface area contributed by atoms with Crippen LogP contribution < -0.4 is 0 Å². The summed E-state index contributed by atoms with van der Waals surface area (Å²) in [5, 5.41) is 4.80. The molecule has 0 radical (unpaired) electrons. The third kappa shape index (κ3) is 2.96. The molecule has 0 spiro atoms. The molecule has 5 nitrogen and oxygen atoms in total. The summed E-state index contributed by atoms with van der Waals surface area (Å²) in [7, 11) is 0. The molecule has 1 aliphatic rings. The van der Waals surface area contributed by atoms with Crippen LogP contribution in [0.5, 0.6) is 0 Å². The van der Waals surface area contributed by atoms with Crippen molar-refractivity contribution in [3.8, 4) is 0 Å². The van der Waals surface area contributed by atoms with Gasteiger partial charge in [-0.3, -0.25) is 9.78 Å². The van der Waals surface area contributed by atoms with Crippen molar-refractivity contribution in [2.75, 3.05) is 6.54 Å². The number of carbonyl (C=O) groups is 1. The highest BCUT2D eigenvalue weighted by atomic mass is 19.1. The summed E-state index contributed by atoms with van der Waals surface area (Å²) in [5.41, 5.74) is 2.53. The van der Waals surface area contributed by atoms with Gasteiger partial charge in [-0.2, -0.15) is 0 Å². The van der Waals surface area contributed by atoms with E-state index in [-0.39, 0.29) is 17.8 Å². The van der Waals surface area contributed by atoms with E-state index in [2.05, 4.69) is 10.1 Å². The van der Waals surface area contributed by atoms with Crippen molar-refractivity contribution >= 4 is 16.8 Å². The molecule has 1 amide bonds. The Balaban J connectivity index is 1.77. The molecule has 1 atom stereocenters. The molecule has 0 N–H and O–H groups in total. The minimum atomic E-state index is -0.358. The second-order valence-electron chi connectivity index (χ2n) is 6.85. The summed E-state index contributed by atoms with van der Waals surface area (Å²) in [5.74, 6) is 0.305. The van der Waals surface area contributed by atoms with Crippen LogP contribution in [0.3, 0.4) is 0 Å². The second kappa shape index (κ2) is 6.52. The number of nitrogens with zero attached hydrogens (tertiary/aromatic N) is 3. The first-order valence-electron chi connectivity index (χ1n) is 8.84. The van der Waals surface area contributed by atoms with Gasteiger partial charge in [-0.1, -0.05) is 5.16 Å². The molecule has 134 valence electrons. The monoisotopic (exact) mass is 353 g/mol. The van der Waals surface area contributed by atoms with E-state index in [1.54, 1.807) is 12.1 Å². The molecular weight excluding hydrogens is 333 g/mol. The van der Waals surface area contributed by atoms with Crippen LogP contribution >= 0.6 is 0 Å². The number of aryl methyl sites for hydroxylation is 2. The van der Waals surface area contributed by atoms with Gasteiger partial charge >= 0.3 is 0 Å². The van der Waals surface area contributed by atoms with Crippen LogP contribution in [-0.2, 0) is 0 Å². The van der Waals surface area contributed by atoms with Gasteiger partial charge in [0.05, 0.1) is 17.1 Å². The van der Waals surface area contributed by atoms with Crippen LogP contribution in [0.1, 0.15) is 52.8 Å². The first kappa shape index (κ1) is 16.7. The summed E-state index contributed by atoms with van der Waals surface area (Å²) in [6.45, 7) is 4.33. The number of fused-ring (bicyclic) bond motifs is 1. The number of halogens is 1. The van der Waals surface area contributed by atoms with Gasteiger partial charge in [0, 0.05) is 29.8 Å². The lowest BCUT2D eigenvalue weighted by Gasteiger charge is -2.34. The fraction of sp³-hybridized carbons (Fsp3) is 0.350. The first-order chi connectivity index (χ1) is 12.5. The fourth-order valence-corrected chi connectivity index (χ4v) is 3.69. The third-order valence-electron chi connectivity index (χ3n) is 4.88. The van der Waals surface area contributed by atoms with E-state index in [1.165, 1.54) is 12.1 Å². The molecule has 3 heterocycles. The van der Waals surface area contributed by atoms with Crippen molar-refractivity contribution in [1.29, 1.82) is 0 Å². The number of piperidine rings is 1. The molecule has 1 aromatic carbocycles. The Hall–Kier alpha value is -2.76. The van der Waals surface area contributed by atoms with Crippen LogP contribution in [0.2, 0.25) is 0 Å². The Bertz CT molecular complexity index is 977. The zero-order valence-electron chi connectivity index (χ0n) is 14.8. The number of hydrogen-bond acceptors (Lipinski definition) is 4. The highest BCUT2D eigenvalue weighted by molar-refractivity contribution is 6.06. The Labute approximate surface area is 150 Å². The van der Waals surface area contributed by atoms with Gasteiger partial charge in [0.15, 0.2) is 0 Å². The predicted molar refractivity (Wildman–Crippen MR) is 95.3 cm³/mol. The maximum atomic E-state index is 13.6. The third-order valence-corrected chi connectivity index (χ3v) is 4.88. The maximum Gasteiger partial charge on any atom is 0.255 e. The van der Waals surface area contributed by atoms with Gasteiger partial charge in [0.25, 0.3) is 5.91 Å². The number of rotatable bonds is 2. The average molecular weight is 353 g/mol. The molecule has 2 aromatic heterocycles. The Morgan fingerprint density at radius 3 is 2.85 bits per heavy atom. The van der Waals surface area contributed by atoms with Gasteiger partial charge in [0.2, 0.25) is 0 Å². The summed E-state index contributed by atoms with van der Waals surface area (Å²) in [6.07, 6.45) is 2.85. The van der Waals surface area contributed by atoms with Gasteiger partial charge in [-0.05, 0) is 51.3 Å². The highest BCUT2D eigenvalue weighted by Gasteiger charge is 2.31. The maximum absolute atomic E-state index is 13.6. The lowest BCUT2D eigenvalue weighted by molar-refractivity contribution is 0.0603. The Kier molecular flexibility index (Phi) is 4.18. The smallest absolute Gasteiger partial charge is 0.255 e. The van der Waals surface area contributed by atoms with Crippen molar-refractivity contribution in [2.45, 2.75) is 39.2 Å². The van der Waals surface area contributed by atoms with Gasteiger partial charge in [-0.25, -0.2) is 4.39 Å². The van der Waals surface area contributed by atoms with E-state index in [0.717, 1.165) is 30.7 Å². The zero-order valence-corrected chi connectivity index (χ0v) is 14.8. The lowest BCUT2D eigenvalue weighted by atomic mass is 9.97. The summed E-state index contributed by atoms with van der Waals surface area (Å²) < 4.78 is 18.8. The van der Waals surface area contributed by atoms with Crippen LogP contribution in [0.15, 0.2) is 34.9 Å². The fourth-order valence-electron chi connectivity index (χ4n) is 3.69. The Morgan fingerprint density at radius 1 is 1.23 bits per heavy atom. The molecule has 0 bridgehead atoms. The average Bonchev–Trinajstić information content (AvgIpc) is 3.06. The van der Waals surface area contributed by atoms with E-state index in [1.807, 2.05) is 24.8 Å². The minimum absolute atomic E-state index is 0.0718. The highest BCUT2D eigenvalue weighted by Crippen LogP contribution is 2.33. The normalized spacial score (nSPS) is 17.7. The molecule has 1 unspecified atom stereocenters. The van der Waals surface area contributed by atoms with Crippen LogP contribution in [0.4, 0.5) is 4.39 Å².